The summed E-state index contributed by atoms with van der Waals surface area (Å²) in [6.07, 6.45) is 3.49. The topological polar surface area (TPSA) is 34.1 Å². The summed E-state index contributed by atoms with van der Waals surface area (Å²) >= 11 is 0. The minimum Gasteiger partial charge on any atom is -0.299 e. The summed E-state index contributed by atoms with van der Waals surface area (Å²) in [6.45, 7) is 0. The van der Waals surface area contributed by atoms with Crippen LogP contribution in [0.2, 0.25) is 0 Å². The zero-order valence-electron chi connectivity index (χ0n) is 10.3. The molecule has 2 nitrogen and oxygen atoms in total. The second-order valence-electron chi connectivity index (χ2n) is 6.04. The first kappa shape index (κ1) is 10.5. The first-order valence-electron chi connectivity index (χ1n) is 6.85. The van der Waals surface area contributed by atoms with Gasteiger partial charge < -0.3 is 0 Å². The molecule has 3 fully saturated rings. The van der Waals surface area contributed by atoms with Gasteiger partial charge in [-0.2, -0.15) is 0 Å². The van der Waals surface area contributed by atoms with Gasteiger partial charge in [0.15, 0.2) is 0 Å². The van der Waals surface area contributed by atoms with Crippen molar-refractivity contribution in [2.75, 3.05) is 0 Å². The molecular weight excluding hydrogens is 224 g/mol. The molecule has 2 unspecified atom stereocenters. The maximum absolute atomic E-state index is 12.2. The van der Waals surface area contributed by atoms with Crippen LogP contribution in [0.3, 0.4) is 0 Å². The van der Waals surface area contributed by atoms with Gasteiger partial charge in [0.2, 0.25) is 0 Å². The summed E-state index contributed by atoms with van der Waals surface area (Å²) in [5.41, 5.74) is 1.11. The third-order valence-electron chi connectivity index (χ3n) is 5.51. The highest BCUT2D eigenvalue weighted by Gasteiger charge is 2.68. The smallest absolute Gasteiger partial charge is 0.144 e. The molecule has 0 heterocycles. The van der Waals surface area contributed by atoms with Crippen LogP contribution in [-0.4, -0.2) is 11.6 Å². The zero-order chi connectivity index (χ0) is 12.3. The highest BCUT2D eigenvalue weighted by atomic mass is 16.2. The lowest BCUT2D eigenvalue weighted by Gasteiger charge is -2.33. The van der Waals surface area contributed by atoms with Crippen LogP contribution in [0, 0.1) is 17.8 Å². The van der Waals surface area contributed by atoms with E-state index in [1.54, 1.807) is 0 Å². The quantitative estimate of drug-likeness (QED) is 0.707. The zero-order valence-corrected chi connectivity index (χ0v) is 10.3. The van der Waals surface area contributed by atoms with Crippen LogP contribution in [0.25, 0.3) is 0 Å². The summed E-state index contributed by atoms with van der Waals surface area (Å²) in [6, 6.07) is 10.3. The van der Waals surface area contributed by atoms with Gasteiger partial charge in [-0.15, -0.1) is 0 Å². The van der Waals surface area contributed by atoms with E-state index in [4.69, 9.17) is 0 Å². The molecule has 0 amide bonds. The molecule has 3 aliphatic carbocycles. The van der Waals surface area contributed by atoms with Crippen molar-refractivity contribution in [2.45, 2.75) is 31.1 Å². The van der Waals surface area contributed by atoms with E-state index in [0.717, 1.165) is 12.8 Å². The molecule has 3 saturated carbocycles. The molecule has 0 N–H and O–H groups in total. The van der Waals surface area contributed by atoms with Gasteiger partial charge in [-0.3, -0.25) is 9.59 Å². The van der Waals surface area contributed by atoms with Crippen molar-refractivity contribution in [3.8, 4) is 0 Å². The second kappa shape index (κ2) is 3.31. The summed E-state index contributed by atoms with van der Waals surface area (Å²) in [7, 11) is 0. The fourth-order valence-corrected chi connectivity index (χ4v) is 5.03. The van der Waals surface area contributed by atoms with Crippen molar-refractivity contribution in [1.29, 1.82) is 0 Å². The lowest BCUT2D eigenvalue weighted by Crippen LogP contribution is -2.37. The Morgan fingerprint density at radius 3 is 2.00 bits per heavy atom. The Hall–Kier alpha value is -1.44. The van der Waals surface area contributed by atoms with Crippen molar-refractivity contribution in [1.82, 2.24) is 0 Å². The molecule has 2 heteroatoms. The number of ketones is 2. The van der Waals surface area contributed by atoms with Crippen molar-refractivity contribution < 1.29 is 9.59 Å². The van der Waals surface area contributed by atoms with E-state index in [0.29, 0.717) is 24.7 Å². The van der Waals surface area contributed by atoms with Crippen LogP contribution in [0.5, 0.6) is 0 Å². The van der Waals surface area contributed by atoms with Crippen LogP contribution in [0.4, 0.5) is 0 Å². The molecule has 0 bridgehead atoms. The molecule has 18 heavy (non-hydrogen) atoms. The van der Waals surface area contributed by atoms with Crippen LogP contribution >= 0.6 is 0 Å². The fraction of sp³-hybridized carbons (Fsp3) is 0.500. The number of Topliss-reactive ketones (excluding diaryl/α,β-unsaturated/α-hetero) is 2. The maximum Gasteiger partial charge on any atom is 0.144 e. The molecule has 1 aromatic carbocycles. The molecule has 0 aliphatic heterocycles. The Morgan fingerprint density at radius 1 is 0.889 bits per heavy atom. The minimum absolute atomic E-state index is 0.130. The summed E-state index contributed by atoms with van der Waals surface area (Å²) < 4.78 is 0. The van der Waals surface area contributed by atoms with E-state index in [9.17, 15) is 9.59 Å². The van der Waals surface area contributed by atoms with Crippen molar-refractivity contribution in [2.24, 2.45) is 17.8 Å². The van der Waals surface area contributed by atoms with Crippen molar-refractivity contribution >= 4 is 11.6 Å². The molecule has 1 aromatic rings. The average Bonchev–Trinajstić information content (AvgIpc) is 2.96. The van der Waals surface area contributed by atoms with E-state index in [1.807, 2.05) is 18.2 Å². The van der Waals surface area contributed by atoms with E-state index >= 15 is 0 Å². The van der Waals surface area contributed by atoms with Gasteiger partial charge in [-0.05, 0) is 30.2 Å². The third kappa shape index (κ3) is 1.01. The van der Waals surface area contributed by atoms with Crippen LogP contribution in [0.1, 0.15) is 31.2 Å². The molecule has 0 saturated heterocycles. The number of hydrogen-bond donors (Lipinski definition) is 0. The SMILES string of the molecule is O=C1CC2CCC3CC(=O)C1C23c1ccccc1. The van der Waals surface area contributed by atoms with Gasteiger partial charge >= 0.3 is 0 Å². The van der Waals surface area contributed by atoms with E-state index in [1.165, 1.54) is 5.56 Å². The van der Waals surface area contributed by atoms with Gasteiger partial charge in [0.1, 0.15) is 11.6 Å². The highest BCUT2D eigenvalue weighted by Crippen LogP contribution is 2.65. The molecule has 0 radical (unpaired) electrons. The predicted octanol–water partition coefficient (Wildman–Crippen LogP) is 2.51. The molecule has 3 aliphatic rings. The van der Waals surface area contributed by atoms with Gasteiger partial charge in [0.25, 0.3) is 0 Å². The number of benzene rings is 1. The normalized spacial score (nSPS) is 41.4. The standard InChI is InChI=1S/C16H16O2/c17-13-8-11-6-7-12-9-14(18)15(13)16(11,12)10-4-2-1-3-5-10/h1-5,11-12,15H,6-9H2. The molecule has 4 rings (SSSR count). The summed E-state index contributed by atoms with van der Waals surface area (Å²) in [4.78, 5) is 24.4. The Morgan fingerprint density at radius 2 is 1.44 bits per heavy atom. The number of carbonyl (C=O) groups excluding carboxylic acids is 2. The Bertz CT molecular complexity index is 505. The minimum atomic E-state index is -0.322. The highest BCUT2D eigenvalue weighted by molar-refractivity contribution is 6.08. The first-order chi connectivity index (χ1) is 8.74. The van der Waals surface area contributed by atoms with Gasteiger partial charge in [0, 0.05) is 18.3 Å². The Balaban J connectivity index is 1.96. The molecular formula is C16H16O2. The molecule has 2 atom stereocenters. The van der Waals surface area contributed by atoms with Crippen molar-refractivity contribution in [3.05, 3.63) is 35.9 Å². The maximum atomic E-state index is 12.2. The lowest BCUT2D eigenvalue weighted by molar-refractivity contribution is -0.130. The van der Waals surface area contributed by atoms with E-state index in [-0.39, 0.29) is 22.9 Å². The van der Waals surface area contributed by atoms with Gasteiger partial charge in [-0.25, -0.2) is 0 Å². The van der Waals surface area contributed by atoms with Gasteiger partial charge in [0.05, 0.1) is 5.92 Å². The average molecular weight is 240 g/mol. The van der Waals surface area contributed by atoms with E-state index in [2.05, 4.69) is 12.1 Å². The van der Waals surface area contributed by atoms with Crippen LogP contribution in [0.15, 0.2) is 30.3 Å². The van der Waals surface area contributed by atoms with Crippen LogP contribution < -0.4 is 0 Å². The number of rotatable bonds is 1. The monoisotopic (exact) mass is 240 g/mol. The molecule has 0 spiro atoms. The Kier molecular flexibility index (Phi) is 1.93. The first-order valence-corrected chi connectivity index (χ1v) is 6.85. The predicted molar refractivity (Wildman–Crippen MR) is 67.1 cm³/mol. The molecule has 0 aromatic heterocycles. The molecule has 92 valence electrons. The third-order valence-corrected chi connectivity index (χ3v) is 5.51. The largest absolute Gasteiger partial charge is 0.299 e. The lowest BCUT2D eigenvalue weighted by atomic mass is 9.68. The second-order valence-corrected chi connectivity index (χ2v) is 6.04. The van der Waals surface area contributed by atoms with E-state index < -0.39 is 0 Å². The number of hydrogen-bond acceptors (Lipinski definition) is 2. The number of carbonyl (C=O) groups is 2. The van der Waals surface area contributed by atoms with Gasteiger partial charge in [-0.1, -0.05) is 30.3 Å². The van der Waals surface area contributed by atoms with Crippen LogP contribution in [-0.2, 0) is 15.0 Å². The van der Waals surface area contributed by atoms with Crippen molar-refractivity contribution in [3.63, 3.8) is 0 Å². The Labute approximate surface area is 106 Å². The fourth-order valence-electron chi connectivity index (χ4n) is 5.03. The summed E-state index contributed by atoms with van der Waals surface area (Å²) in [5, 5.41) is 0. The summed E-state index contributed by atoms with van der Waals surface area (Å²) in [5.74, 6) is 0.909.